The van der Waals surface area contributed by atoms with E-state index < -0.39 is 5.60 Å². The van der Waals surface area contributed by atoms with Gasteiger partial charge in [0.15, 0.2) is 0 Å². The molecule has 0 rings (SSSR count). The molecule has 0 unspecified atom stereocenters. The first-order valence-electron chi connectivity index (χ1n) is 4.78. The largest absolute Gasteiger partial charge is 0.457 e. The fourth-order valence-electron chi connectivity index (χ4n) is 0.976. The molecule has 0 saturated heterocycles. The van der Waals surface area contributed by atoms with Crippen molar-refractivity contribution in [2.75, 3.05) is 0 Å². The number of rotatable bonds is 3. The summed E-state index contributed by atoms with van der Waals surface area (Å²) in [4.78, 5) is 11.7. The SMILES string of the molecule is C=CCC(C(=O)OC(C)(C)C)=C(C)C. The van der Waals surface area contributed by atoms with Crippen LogP contribution in [0.4, 0.5) is 0 Å². The van der Waals surface area contributed by atoms with Crippen molar-refractivity contribution in [2.24, 2.45) is 0 Å². The van der Waals surface area contributed by atoms with Gasteiger partial charge in [-0.3, -0.25) is 0 Å². The van der Waals surface area contributed by atoms with Gasteiger partial charge in [0.2, 0.25) is 0 Å². The van der Waals surface area contributed by atoms with Crippen LogP contribution in [0.15, 0.2) is 23.8 Å². The fourth-order valence-corrected chi connectivity index (χ4v) is 0.976. The number of esters is 1. The van der Waals surface area contributed by atoms with Crippen LogP contribution in [0.3, 0.4) is 0 Å². The van der Waals surface area contributed by atoms with Gasteiger partial charge < -0.3 is 4.74 Å². The van der Waals surface area contributed by atoms with Crippen molar-refractivity contribution in [1.29, 1.82) is 0 Å². The van der Waals surface area contributed by atoms with Crippen LogP contribution in [-0.4, -0.2) is 11.6 Å². The smallest absolute Gasteiger partial charge is 0.334 e. The summed E-state index contributed by atoms with van der Waals surface area (Å²) in [6.07, 6.45) is 2.28. The van der Waals surface area contributed by atoms with E-state index in [1.165, 1.54) is 0 Å². The highest BCUT2D eigenvalue weighted by molar-refractivity contribution is 5.89. The molecule has 0 aliphatic heterocycles. The number of ether oxygens (including phenoxy) is 1. The minimum atomic E-state index is -0.432. The Kier molecular flexibility index (Phi) is 4.61. The Morgan fingerprint density at radius 1 is 1.36 bits per heavy atom. The lowest BCUT2D eigenvalue weighted by Gasteiger charge is -2.20. The third-order valence-electron chi connectivity index (χ3n) is 1.60. The number of carbonyl (C=O) groups excluding carboxylic acids is 1. The third kappa shape index (κ3) is 4.85. The lowest BCUT2D eigenvalue weighted by atomic mass is 10.1. The lowest BCUT2D eigenvalue weighted by molar-refractivity contribution is -0.150. The van der Waals surface area contributed by atoms with Gasteiger partial charge in [0.25, 0.3) is 0 Å². The molecule has 0 aliphatic carbocycles. The Morgan fingerprint density at radius 2 is 1.86 bits per heavy atom. The molecule has 0 radical (unpaired) electrons. The molecule has 0 aromatic heterocycles. The summed E-state index contributed by atoms with van der Waals surface area (Å²) in [5.74, 6) is -0.239. The molecule has 14 heavy (non-hydrogen) atoms. The van der Waals surface area contributed by atoms with Crippen LogP contribution in [0, 0.1) is 0 Å². The zero-order valence-electron chi connectivity index (χ0n) is 9.81. The van der Waals surface area contributed by atoms with Crippen molar-refractivity contribution in [3.05, 3.63) is 23.8 Å². The fraction of sp³-hybridized carbons (Fsp3) is 0.583. The Hall–Kier alpha value is -1.05. The number of allylic oxidation sites excluding steroid dienone is 2. The Bertz CT molecular complexity index is 250. The van der Waals surface area contributed by atoms with E-state index in [1.807, 2.05) is 34.6 Å². The number of carbonyl (C=O) groups is 1. The molecule has 0 saturated carbocycles. The molecule has 0 atom stereocenters. The first-order chi connectivity index (χ1) is 6.28. The van der Waals surface area contributed by atoms with Gasteiger partial charge in [-0.05, 0) is 41.0 Å². The van der Waals surface area contributed by atoms with E-state index in [1.54, 1.807) is 6.08 Å². The molecule has 0 heterocycles. The van der Waals surface area contributed by atoms with Gasteiger partial charge in [-0.2, -0.15) is 0 Å². The number of hydrogen-bond acceptors (Lipinski definition) is 2. The zero-order valence-corrected chi connectivity index (χ0v) is 9.81. The summed E-state index contributed by atoms with van der Waals surface area (Å²) in [5.41, 5.74) is 1.26. The van der Waals surface area contributed by atoms with Gasteiger partial charge in [-0.15, -0.1) is 6.58 Å². The van der Waals surface area contributed by atoms with Crippen molar-refractivity contribution in [1.82, 2.24) is 0 Å². The number of hydrogen-bond donors (Lipinski definition) is 0. The first-order valence-corrected chi connectivity index (χ1v) is 4.78. The molecule has 0 aromatic rings. The van der Waals surface area contributed by atoms with Gasteiger partial charge >= 0.3 is 5.97 Å². The van der Waals surface area contributed by atoms with E-state index in [4.69, 9.17) is 4.74 Å². The summed E-state index contributed by atoms with van der Waals surface area (Å²) in [6, 6.07) is 0. The molecule has 2 heteroatoms. The van der Waals surface area contributed by atoms with Gasteiger partial charge in [-0.1, -0.05) is 11.6 Å². The summed E-state index contributed by atoms with van der Waals surface area (Å²) in [6.45, 7) is 13.0. The maximum absolute atomic E-state index is 11.7. The predicted octanol–water partition coefficient (Wildman–Crippen LogP) is 3.24. The van der Waals surface area contributed by atoms with Crippen molar-refractivity contribution < 1.29 is 9.53 Å². The van der Waals surface area contributed by atoms with Crippen molar-refractivity contribution >= 4 is 5.97 Å². The molecule has 0 aromatic carbocycles. The minimum absolute atomic E-state index is 0.239. The van der Waals surface area contributed by atoms with E-state index in [0.29, 0.717) is 12.0 Å². The van der Waals surface area contributed by atoms with Crippen molar-refractivity contribution in [3.63, 3.8) is 0 Å². The molecule has 80 valence electrons. The molecular weight excluding hydrogens is 176 g/mol. The van der Waals surface area contributed by atoms with Crippen LogP contribution >= 0.6 is 0 Å². The van der Waals surface area contributed by atoms with Crippen LogP contribution in [-0.2, 0) is 9.53 Å². The molecule has 0 amide bonds. The Balaban J connectivity index is 4.64. The van der Waals surface area contributed by atoms with Crippen molar-refractivity contribution in [2.45, 2.75) is 46.6 Å². The van der Waals surface area contributed by atoms with Crippen LogP contribution in [0.2, 0.25) is 0 Å². The standard InChI is InChI=1S/C12H20O2/c1-7-8-10(9(2)3)11(13)14-12(4,5)6/h7H,1,8H2,2-6H3. The Morgan fingerprint density at radius 3 is 2.14 bits per heavy atom. The first kappa shape index (κ1) is 12.9. The maximum atomic E-state index is 11.7. The topological polar surface area (TPSA) is 26.3 Å². The van der Waals surface area contributed by atoms with Crippen LogP contribution in [0.25, 0.3) is 0 Å². The second-order valence-electron chi connectivity index (χ2n) is 4.47. The van der Waals surface area contributed by atoms with Gasteiger partial charge in [0, 0.05) is 5.57 Å². The highest BCUT2D eigenvalue weighted by Crippen LogP contribution is 2.16. The monoisotopic (exact) mass is 196 g/mol. The van der Waals surface area contributed by atoms with Gasteiger partial charge in [0.05, 0.1) is 0 Å². The molecule has 0 spiro atoms. The molecule has 0 N–H and O–H groups in total. The lowest BCUT2D eigenvalue weighted by Crippen LogP contribution is -2.25. The molecule has 0 bridgehead atoms. The molecule has 2 nitrogen and oxygen atoms in total. The zero-order chi connectivity index (χ0) is 11.4. The predicted molar refractivity (Wildman–Crippen MR) is 59.0 cm³/mol. The summed E-state index contributed by atoms with van der Waals surface area (Å²) in [7, 11) is 0. The molecule has 0 fully saturated rings. The highest BCUT2D eigenvalue weighted by atomic mass is 16.6. The average molecular weight is 196 g/mol. The van der Waals surface area contributed by atoms with Gasteiger partial charge in [0.1, 0.15) is 5.60 Å². The normalized spacial score (nSPS) is 10.6. The van der Waals surface area contributed by atoms with E-state index >= 15 is 0 Å². The third-order valence-corrected chi connectivity index (χ3v) is 1.60. The molecular formula is C12H20O2. The Labute approximate surface area is 86.6 Å². The summed E-state index contributed by atoms with van der Waals surface area (Å²) >= 11 is 0. The minimum Gasteiger partial charge on any atom is -0.457 e. The average Bonchev–Trinajstić information content (AvgIpc) is 1.95. The van der Waals surface area contributed by atoms with Crippen LogP contribution in [0.5, 0.6) is 0 Å². The van der Waals surface area contributed by atoms with E-state index in [9.17, 15) is 4.79 Å². The second kappa shape index (κ2) is 4.99. The van der Waals surface area contributed by atoms with Crippen LogP contribution < -0.4 is 0 Å². The highest BCUT2D eigenvalue weighted by Gasteiger charge is 2.19. The molecule has 0 aliphatic rings. The van der Waals surface area contributed by atoms with E-state index in [-0.39, 0.29) is 5.97 Å². The van der Waals surface area contributed by atoms with E-state index in [2.05, 4.69) is 6.58 Å². The van der Waals surface area contributed by atoms with Gasteiger partial charge in [-0.25, -0.2) is 4.79 Å². The second-order valence-corrected chi connectivity index (χ2v) is 4.47. The summed E-state index contributed by atoms with van der Waals surface area (Å²) < 4.78 is 5.27. The van der Waals surface area contributed by atoms with Crippen molar-refractivity contribution in [3.8, 4) is 0 Å². The van der Waals surface area contributed by atoms with E-state index in [0.717, 1.165) is 5.57 Å². The quantitative estimate of drug-likeness (QED) is 0.393. The summed E-state index contributed by atoms with van der Waals surface area (Å²) in [5, 5.41) is 0. The maximum Gasteiger partial charge on any atom is 0.334 e. The van der Waals surface area contributed by atoms with Crippen LogP contribution in [0.1, 0.15) is 41.0 Å².